The van der Waals surface area contributed by atoms with Gasteiger partial charge in [-0.1, -0.05) is 0 Å². The Balaban J connectivity index is 1.72. The topological polar surface area (TPSA) is 74.2 Å². The van der Waals surface area contributed by atoms with Gasteiger partial charge in [0.25, 0.3) is 0 Å². The first-order valence-electron chi connectivity index (χ1n) is 8.64. The van der Waals surface area contributed by atoms with Crippen LogP contribution in [0.2, 0.25) is 0 Å². The molecule has 142 valence electrons. The second kappa shape index (κ2) is 9.74. The van der Waals surface area contributed by atoms with E-state index in [-0.39, 0.29) is 17.6 Å². The zero-order chi connectivity index (χ0) is 18.9. The number of likely N-dealkylation sites (N-methyl/N-ethyl adjacent to an activating group) is 1. The highest BCUT2D eigenvalue weighted by molar-refractivity contribution is 5.97. The maximum atomic E-state index is 12.9. The summed E-state index contributed by atoms with van der Waals surface area (Å²) in [7, 11) is 3.53. The molecule has 2 rings (SSSR count). The van der Waals surface area contributed by atoms with Crippen LogP contribution in [0.15, 0.2) is 29.3 Å². The predicted octanol–water partition coefficient (Wildman–Crippen LogP) is 1.25. The molecule has 1 N–H and O–H groups in total. The quantitative estimate of drug-likeness (QED) is 0.448. The number of likely N-dealkylation sites (tertiary alicyclic amines) is 1. The molecule has 1 fully saturated rings. The smallest absolute Gasteiger partial charge is 0.229 e. The number of hydrogen-bond donors (Lipinski definition) is 1. The van der Waals surface area contributed by atoms with Crippen LogP contribution < -0.4 is 10.1 Å². The molecule has 0 unspecified atom stereocenters. The third kappa shape index (κ3) is 5.72. The van der Waals surface area contributed by atoms with Crippen molar-refractivity contribution in [1.82, 2.24) is 15.1 Å². The van der Waals surface area contributed by atoms with Crippen LogP contribution >= 0.6 is 0 Å². The molecule has 0 aliphatic carbocycles. The van der Waals surface area contributed by atoms with Gasteiger partial charge in [-0.15, -0.1) is 0 Å². The SMILES string of the molecule is CN=C(NCCN1C(=O)CCCC1=O)N(C)CCOc1ccc(F)cc1. The minimum atomic E-state index is -0.301. The van der Waals surface area contributed by atoms with Crippen molar-refractivity contribution in [2.75, 3.05) is 40.3 Å². The number of aliphatic imine (C=N–C) groups is 1. The van der Waals surface area contributed by atoms with Crippen molar-refractivity contribution in [2.24, 2.45) is 4.99 Å². The number of amides is 2. The lowest BCUT2D eigenvalue weighted by molar-refractivity contribution is -0.147. The highest BCUT2D eigenvalue weighted by Crippen LogP contribution is 2.12. The minimum Gasteiger partial charge on any atom is -0.492 e. The number of benzene rings is 1. The number of rotatable bonds is 7. The van der Waals surface area contributed by atoms with Crippen molar-refractivity contribution in [3.63, 3.8) is 0 Å². The van der Waals surface area contributed by atoms with E-state index in [0.29, 0.717) is 57.2 Å². The number of ether oxygens (including phenoxy) is 1. The molecule has 8 heteroatoms. The summed E-state index contributed by atoms with van der Waals surface area (Å²) >= 11 is 0. The Morgan fingerprint density at radius 2 is 1.92 bits per heavy atom. The van der Waals surface area contributed by atoms with Gasteiger partial charge in [-0.25, -0.2) is 4.39 Å². The number of halogens is 1. The summed E-state index contributed by atoms with van der Waals surface area (Å²) in [5, 5.41) is 3.14. The highest BCUT2D eigenvalue weighted by atomic mass is 19.1. The lowest BCUT2D eigenvalue weighted by Gasteiger charge is -2.26. The Hall–Kier alpha value is -2.64. The molecule has 1 aromatic rings. The summed E-state index contributed by atoms with van der Waals surface area (Å²) in [6.07, 6.45) is 1.50. The van der Waals surface area contributed by atoms with Crippen LogP contribution in [0, 0.1) is 5.82 Å². The molecular weight excluding hydrogens is 339 g/mol. The van der Waals surface area contributed by atoms with E-state index in [0.717, 1.165) is 0 Å². The van der Waals surface area contributed by atoms with Crippen LogP contribution in [0.1, 0.15) is 19.3 Å². The fraction of sp³-hybridized carbons (Fsp3) is 0.500. The molecular formula is C18H25FN4O3. The van der Waals surface area contributed by atoms with Gasteiger partial charge in [0, 0.05) is 40.0 Å². The fourth-order valence-corrected chi connectivity index (χ4v) is 2.65. The summed E-state index contributed by atoms with van der Waals surface area (Å²) in [5.74, 6) is 0.720. The maximum Gasteiger partial charge on any atom is 0.229 e. The largest absolute Gasteiger partial charge is 0.492 e. The normalized spacial score (nSPS) is 15.2. The van der Waals surface area contributed by atoms with Crippen LogP contribution in [-0.2, 0) is 9.59 Å². The molecule has 1 aromatic carbocycles. The van der Waals surface area contributed by atoms with Gasteiger partial charge in [0.05, 0.1) is 6.54 Å². The van der Waals surface area contributed by atoms with Crippen LogP contribution in [0.4, 0.5) is 4.39 Å². The molecule has 1 heterocycles. The van der Waals surface area contributed by atoms with Crippen molar-refractivity contribution in [1.29, 1.82) is 0 Å². The zero-order valence-electron chi connectivity index (χ0n) is 15.2. The van der Waals surface area contributed by atoms with Crippen LogP contribution in [0.25, 0.3) is 0 Å². The van der Waals surface area contributed by atoms with E-state index in [9.17, 15) is 14.0 Å². The van der Waals surface area contributed by atoms with Crippen molar-refractivity contribution in [3.8, 4) is 5.75 Å². The summed E-state index contributed by atoms with van der Waals surface area (Å²) in [6, 6.07) is 5.86. The molecule has 1 aliphatic heterocycles. The van der Waals surface area contributed by atoms with Crippen molar-refractivity contribution in [2.45, 2.75) is 19.3 Å². The third-order valence-electron chi connectivity index (χ3n) is 4.08. The van der Waals surface area contributed by atoms with Gasteiger partial charge in [-0.05, 0) is 30.7 Å². The van der Waals surface area contributed by atoms with Crippen LogP contribution in [0.3, 0.4) is 0 Å². The molecule has 1 saturated heterocycles. The number of piperidine rings is 1. The van der Waals surface area contributed by atoms with Crippen LogP contribution in [0.5, 0.6) is 5.75 Å². The van der Waals surface area contributed by atoms with Gasteiger partial charge in [0.2, 0.25) is 11.8 Å². The summed E-state index contributed by atoms with van der Waals surface area (Å²) in [4.78, 5) is 30.9. The van der Waals surface area contributed by atoms with E-state index in [1.165, 1.54) is 17.0 Å². The van der Waals surface area contributed by atoms with E-state index in [1.54, 1.807) is 19.2 Å². The van der Waals surface area contributed by atoms with Gasteiger partial charge < -0.3 is 15.0 Å². The minimum absolute atomic E-state index is 0.112. The number of guanidine groups is 1. The van der Waals surface area contributed by atoms with Gasteiger partial charge in [0.1, 0.15) is 18.2 Å². The van der Waals surface area contributed by atoms with Gasteiger partial charge >= 0.3 is 0 Å². The molecule has 1 aliphatic rings. The molecule has 0 atom stereocenters. The Morgan fingerprint density at radius 1 is 1.27 bits per heavy atom. The average molecular weight is 364 g/mol. The Morgan fingerprint density at radius 3 is 2.54 bits per heavy atom. The summed E-state index contributed by atoms with van der Waals surface area (Å²) < 4.78 is 18.4. The lowest BCUT2D eigenvalue weighted by Crippen LogP contribution is -2.47. The summed E-state index contributed by atoms with van der Waals surface area (Å²) in [6.45, 7) is 1.74. The number of imide groups is 1. The first-order valence-corrected chi connectivity index (χ1v) is 8.64. The number of hydrogen-bond acceptors (Lipinski definition) is 4. The number of carbonyl (C=O) groups excluding carboxylic acids is 2. The monoisotopic (exact) mass is 364 g/mol. The second-order valence-electron chi connectivity index (χ2n) is 5.99. The fourth-order valence-electron chi connectivity index (χ4n) is 2.65. The van der Waals surface area contributed by atoms with E-state index in [4.69, 9.17) is 4.74 Å². The summed E-state index contributed by atoms with van der Waals surface area (Å²) in [5.41, 5.74) is 0. The van der Waals surface area contributed by atoms with E-state index >= 15 is 0 Å². The van der Waals surface area contributed by atoms with Gasteiger partial charge in [-0.3, -0.25) is 19.5 Å². The van der Waals surface area contributed by atoms with Gasteiger partial charge in [-0.2, -0.15) is 0 Å². The highest BCUT2D eigenvalue weighted by Gasteiger charge is 2.25. The van der Waals surface area contributed by atoms with Gasteiger partial charge in [0.15, 0.2) is 5.96 Å². The molecule has 0 spiro atoms. The molecule has 26 heavy (non-hydrogen) atoms. The molecule has 0 aromatic heterocycles. The number of nitrogens with zero attached hydrogens (tertiary/aromatic N) is 3. The van der Waals surface area contributed by atoms with E-state index in [2.05, 4.69) is 10.3 Å². The first kappa shape index (κ1) is 19.7. The number of carbonyl (C=O) groups is 2. The van der Waals surface area contributed by atoms with E-state index < -0.39 is 0 Å². The predicted molar refractivity (Wildman–Crippen MR) is 96.5 cm³/mol. The third-order valence-corrected chi connectivity index (χ3v) is 4.08. The zero-order valence-corrected chi connectivity index (χ0v) is 15.2. The van der Waals surface area contributed by atoms with Crippen molar-refractivity contribution in [3.05, 3.63) is 30.1 Å². The molecule has 7 nitrogen and oxygen atoms in total. The Kier molecular flexibility index (Phi) is 7.37. The van der Waals surface area contributed by atoms with Crippen LogP contribution in [-0.4, -0.2) is 67.9 Å². The molecule has 2 amide bonds. The average Bonchev–Trinajstić information content (AvgIpc) is 2.62. The van der Waals surface area contributed by atoms with Crippen molar-refractivity contribution >= 4 is 17.8 Å². The standard InChI is InChI=1S/C18H25FN4O3/c1-20-18(21-10-11-23-16(24)4-3-5-17(23)25)22(2)12-13-26-15-8-6-14(19)7-9-15/h6-9H,3-5,10-13H2,1-2H3,(H,20,21). The lowest BCUT2D eigenvalue weighted by atomic mass is 10.1. The Labute approximate surface area is 152 Å². The van der Waals surface area contributed by atoms with E-state index in [1.807, 2.05) is 11.9 Å². The molecule has 0 bridgehead atoms. The molecule has 0 radical (unpaired) electrons. The number of nitrogens with one attached hydrogen (secondary N) is 1. The molecule has 0 saturated carbocycles. The van der Waals surface area contributed by atoms with Crippen molar-refractivity contribution < 1.29 is 18.7 Å². The maximum absolute atomic E-state index is 12.9. The second-order valence-corrected chi connectivity index (χ2v) is 5.99. The Bertz CT molecular complexity index is 632. The first-order chi connectivity index (χ1) is 12.5.